The van der Waals surface area contributed by atoms with Crippen molar-refractivity contribution in [3.05, 3.63) is 42.6 Å². The summed E-state index contributed by atoms with van der Waals surface area (Å²) in [6, 6.07) is 6.66. The van der Waals surface area contributed by atoms with E-state index >= 15 is 4.39 Å². The van der Waals surface area contributed by atoms with Crippen molar-refractivity contribution in [1.82, 2.24) is 15.3 Å². The third-order valence-electron chi connectivity index (χ3n) is 5.01. The van der Waals surface area contributed by atoms with Gasteiger partial charge in [0.2, 0.25) is 5.91 Å². The van der Waals surface area contributed by atoms with Gasteiger partial charge in [0.1, 0.15) is 30.6 Å². The molecule has 0 saturated carbocycles. The third kappa shape index (κ3) is 6.78. The first kappa shape index (κ1) is 27.1. The minimum Gasteiger partial charge on any atom is -0.462 e. The second kappa shape index (κ2) is 11.0. The lowest BCUT2D eigenvalue weighted by Crippen LogP contribution is -2.48. The highest BCUT2D eigenvalue weighted by molar-refractivity contribution is 7.52. The molecule has 3 rings (SSSR count). The minimum atomic E-state index is -4.44. The Hall–Kier alpha value is -2.54. The number of carbonyl (C=O) groups is 2. The van der Waals surface area contributed by atoms with Gasteiger partial charge in [0.15, 0.2) is 6.23 Å². The van der Waals surface area contributed by atoms with Crippen LogP contribution in [0.15, 0.2) is 42.6 Å². The van der Waals surface area contributed by atoms with E-state index in [0.717, 1.165) is 6.08 Å². The average Bonchev–Trinajstić information content (AvgIpc) is 3.03. The SMILES string of the molecule is CC(C)OC(=O)C(C)NP(=O)(OCC1(F)OC(N2C=CC(=O)NC2)C(O)C1O)Oc1ccccc1. The van der Waals surface area contributed by atoms with Crippen LogP contribution in [0.25, 0.3) is 0 Å². The van der Waals surface area contributed by atoms with E-state index in [9.17, 15) is 24.4 Å². The molecule has 6 unspecified atom stereocenters. The maximum Gasteiger partial charge on any atom is 0.459 e. The summed E-state index contributed by atoms with van der Waals surface area (Å²) in [7, 11) is -4.44. The summed E-state index contributed by atoms with van der Waals surface area (Å²) < 4.78 is 50.1. The van der Waals surface area contributed by atoms with Gasteiger partial charge in [0.05, 0.1) is 12.8 Å². The van der Waals surface area contributed by atoms with E-state index in [0.29, 0.717) is 0 Å². The van der Waals surface area contributed by atoms with Crippen molar-refractivity contribution in [2.45, 2.75) is 57.2 Å². The number of halogens is 1. The molecule has 35 heavy (non-hydrogen) atoms. The highest BCUT2D eigenvalue weighted by Crippen LogP contribution is 2.47. The van der Waals surface area contributed by atoms with Crippen LogP contribution in [0.4, 0.5) is 4.39 Å². The molecule has 2 heterocycles. The van der Waals surface area contributed by atoms with Crippen LogP contribution in [-0.2, 0) is 28.2 Å². The molecule has 12 nitrogen and oxygen atoms in total. The van der Waals surface area contributed by atoms with Crippen LogP contribution in [0.3, 0.4) is 0 Å². The Morgan fingerprint density at radius 2 is 2.03 bits per heavy atom. The zero-order valence-corrected chi connectivity index (χ0v) is 20.3. The summed E-state index contributed by atoms with van der Waals surface area (Å²) in [6.45, 7) is 3.40. The molecule has 0 aliphatic carbocycles. The number of aliphatic hydroxyl groups excluding tert-OH is 2. The standard InChI is InChI=1S/C21H29FN3O9P/c1-13(2)32-20(29)14(3)24-35(30,34-15-7-5-4-6-8-15)31-11-21(22)18(28)17(27)19(33-21)25-10-9-16(26)23-12-25/h4-10,13-14,17-19,27-28H,11-12H2,1-3H3,(H,23,26)(H,24,30). The van der Waals surface area contributed by atoms with Crippen LogP contribution in [0.2, 0.25) is 0 Å². The molecule has 0 radical (unpaired) electrons. The van der Waals surface area contributed by atoms with Crippen LogP contribution in [0.5, 0.6) is 5.75 Å². The van der Waals surface area contributed by atoms with Crippen molar-refractivity contribution in [2.24, 2.45) is 0 Å². The Labute approximate surface area is 201 Å². The number of carbonyl (C=O) groups excluding carboxylic acids is 2. The van der Waals surface area contributed by atoms with Crippen molar-refractivity contribution in [3.63, 3.8) is 0 Å². The van der Waals surface area contributed by atoms with E-state index in [1.807, 2.05) is 0 Å². The molecule has 1 fully saturated rings. The van der Waals surface area contributed by atoms with Gasteiger partial charge in [-0.2, -0.15) is 5.09 Å². The highest BCUT2D eigenvalue weighted by atomic mass is 31.2. The van der Waals surface area contributed by atoms with Crippen LogP contribution in [-0.4, -0.2) is 76.7 Å². The summed E-state index contributed by atoms with van der Waals surface area (Å²) in [4.78, 5) is 24.8. The van der Waals surface area contributed by atoms with Crippen LogP contribution in [0, 0.1) is 0 Å². The lowest BCUT2D eigenvalue weighted by molar-refractivity contribution is -0.209. The normalized spacial score (nSPS) is 28.9. The summed E-state index contributed by atoms with van der Waals surface area (Å²) >= 11 is 0. The van der Waals surface area contributed by atoms with Crippen molar-refractivity contribution in [3.8, 4) is 5.75 Å². The number of nitrogens with one attached hydrogen (secondary N) is 2. The second-order valence-electron chi connectivity index (χ2n) is 8.27. The molecular formula is C21H29FN3O9P. The van der Waals surface area contributed by atoms with Gasteiger partial charge in [0.25, 0.3) is 5.85 Å². The van der Waals surface area contributed by atoms with Crippen molar-refractivity contribution in [2.75, 3.05) is 13.3 Å². The predicted octanol–water partition coefficient (Wildman–Crippen LogP) is 0.767. The number of esters is 1. The Morgan fingerprint density at radius 3 is 2.63 bits per heavy atom. The first-order valence-corrected chi connectivity index (χ1v) is 12.4. The molecule has 1 aromatic rings. The number of benzene rings is 1. The summed E-state index contributed by atoms with van der Waals surface area (Å²) in [5.74, 6) is -4.04. The number of rotatable bonds is 10. The first-order valence-electron chi connectivity index (χ1n) is 10.8. The van der Waals surface area contributed by atoms with Gasteiger partial charge in [-0.3, -0.25) is 14.1 Å². The van der Waals surface area contributed by atoms with E-state index < -0.39 is 56.8 Å². The van der Waals surface area contributed by atoms with Crippen molar-refractivity contribution in [1.29, 1.82) is 0 Å². The molecule has 0 bridgehead atoms. The minimum absolute atomic E-state index is 0.0978. The van der Waals surface area contributed by atoms with Crippen LogP contribution < -0.4 is 14.9 Å². The summed E-state index contributed by atoms with van der Waals surface area (Å²) in [5, 5.41) is 25.5. The van der Waals surface area contributed by atoms with E-state index in [1.54, 1.807) is 32.0 Å². The number of hydrogen-bond acceptors (Lipinski definition) is 10. The molecule has 0 spiro atoms. The Bertz CT molecular complexity index is 982. The van der Waals surface area contributed by atoms with Gasteiger partial charge in [-0.15, -0.1) is 0 Å². The number of aliphatic hydroxyl groups is 2. The second-order valence-corrected chi connectivity index (χ2v) is 9.96. The average molecular weight is 517 g/mol. The van der Waals surface area contributed by atoms with Crippen LogP contribution in [0.1, 0.15) is 20.8 Å². The van der Waals surface area contributed by atoms with Crippen molar-refractivity contribution >= 4 is 19.6 Å². The zero-order valence-electron chi connectivity index (χ0n) is 19.4. The lowest BCUT2D eigenvalue weighted by Gasteiger charge is -2.31. The molecule has 2 aliphatic rings. The van der Waals surface area contributed by atoms with Gasteiger partial charge in [-0.05, 0) is 32.9 Å². The van der Waals surface area contributed by atoms with E-state index in [2.05, 4.69) is 10.4 Å². The van der Waals surface area contributed by atoms with Gasteiger partial charge in [0, 0.05) is 12.3 Å². The maximum absolute atomic E-state index is 15.6. The molecule has 4 N–H and O–H groups in total. The number of para-hydroxylation sites is 1. The van der Waals surface area contributed by atoms with Gasteiger partial charge in [-0.1, -0.05) is 18.2 Å². The van der Waals surface area contributed by atoms with Gasteiger partial charge < -0.3 is 34.4 Å². The van der Waals surface area contributed by atoms with E-state index in [1.165, 1.54) is 30.2 Å². The first-order chi connectivity index (χ1) is 16.4. The number of hydrogen-bond donors (Lipinski definition) is 4. The van der Waals surface area contributed by atoms with Crippen molar-refractivity contribution < 1.29 is 47.3 Å². The monoisotopic (exact) mass is 517 g/mol. The number of alkyl halides is 1. The number of nitrogens with zero attached hydrogens (tertiary/aromatic N) is 1. The fourth-order valence-corrected chi connectivity index (χ4v) is 4.77. The van der Waals surface area contributed by atoms with E-state index in [4.69, 9.17) is 18.5 Å². The maximum atomic E-state index is 15.6. The lowest BCUT2D eigenvalue weighted by atomic mass is 10.1. The molecule has 2 aliphatic heterocycles. The highest BCUT2D eigenvalue weighted by Gasteiger charge is 2.58. The third-order valence-corrected chi connectivity index (χ3v) is 6.64. The number of ether oxygens (including phenoxy) is 2. The Balaban J connectivity index is 1.75. The topological polar surface area (TPSA) is 156 Å². The molecule has 0 aromatic heterocycles. The Morgan fingerprint density at radius 1 is 1.34 bits per heavy atom. The van der Waals surface area contributed by atoms with Crippen LogP contribution >= 0.6 is 7.75 Å². The summed E-state index contributed by atoms with van der Waals surface area (Å²) in [5.41, 5.74) is 0. The fraction of sp³-hybridized carbons (Fsp3) is 0.524. The molecular weight excluding hydrogens is 488 g/mol. The molecule has 194 valence electrons. The quantitative estimate of drug-likeness (QED) is 0.257. The fourth-order valence-electron chi connectivity index (χ4n) is 3.26. The van der Waals surface area contributed by atoms with E-state index in [-0.39, 0.29) is 18.3 Å². The Kier molecular flexibility index (Phi) is 8.52. The zero-order chi connectivity index (χ0) is 25.8. The molecule has 6 atom stereocenters. The molecule has 1 amide bonds. The molecule has 14 heteroatoms. The molecule has 1 saturated heterocycles. The number of amides is 1. The van der Waals surface area contributed by atoms with Gasteiger partial charge in [-0.25, -0.2) is 8.96 Å². The smallest absolute Gasteiger partial charge is 0.459 e. The molecule has 1 aromatic carbocycles. The van der Waals surface area contributed by atoms with Gasteiger partial charge >= 0.3 is 13.7 Å². The largest absolute Gasteiger partial charge is 0.462 e. The predicted molar refractivity (Wildman–Crippen MR) is 119 cm³/mol. The summed E-state index contributed by atoms with van der Waals surface area (Å²) in [6.07, 6.45) is -3.22.